The fourth-order valence-corrected chi connectivity index (χ4v) is 1.86. The molecule has 1 aromatic rings. The third kappa shape index (κ3) is 2.53. The normalized spacial score (nSPS) is 19.3. The highest BCUT2D eigenvalue weighted by molar-refractivity contribution is 6.03. The lowest BCUT2D eigenvalue weighted by Crippen LogP contribution is -2.28. The molecule has 0 radical (unpaired) electrons. The lowest BCUT2D eigenvalue weighted by molar-refractivity contribution is -0.127. The maximum atomic E-state index is 11.0. The van der Waals surface area contributed by atoms with Crippen molar-refractivity contribution in [1.29, 1.82) is 0 Å². The predicted molar refractivity (Wildman–Crippen MR) is 70.4 cm³/mol. The van der Waals surface area contributed by atoms with Crippen molar-refractivity contribution in [2.24, 2.45) is 10.9 Å². The highest BCUT2D eigenvalue weighted by Crippen LogP contribution is 2.24. The first kappa shape index (κ1) is 12.6. The Bertz CT molecular complexity index is 484. The van der Waals surface area contributed by atoms with Gasteiger partial charge in [0.1, 0.15) is 0 Å². The molecular weight excluding hydrogens is 228 g/mol. The standard InChI is InChI=1S/C14H18N2O2/c1-14(2,3)10-6-4-9(5-7-10)11-8-12(13(15)17)18-16-11/h4-7,12H,8H2,1-3H3,(H2,15,17). The number of nitrogens with zero attached hydrogens (tertiary/aromatic N) is 1. The Morgan fingerprint density at radius 2 is 1.94 bits per heavy atom. The number of rotatable bonds is 2. The number of hydrogen-bond acceptors (Lipinski definition) is 3. The van der Waals surface area contributed by atoms with Crippen LogP contribution < -0.4 is 5.73 Å². The Balaban J connectivity index is 2.15. The smallest absolute Gasteiger partial charge is 0.261 e. The zero-order valence-corrected chi connectivity index (χ0v) is 10.9. The van der Waals surface area contributed by atoms with Crippen molar-refractivity contribution < 1.29 is 9.63 Å². The maximum absolute atomic E-state index is 11.0. The molecule has 1 unspecified atom stereocenters. The van der Waals surface area contributed by atoms with Crippen LogP contribution in [0.25, 0.3) is 0 Å². The highest BCUT2D eigenvalue weighted by Gasteiger charge is 2.26. The van der Waals surface area contributed by atoms with Gasteiger partial charge in [0.15, 0.2) is 0 Å². The SMILES string of the molecule is CC(C)(C)c1ccc(C2=NOC(C(N)=O)C2)cc1. The second-order valence-electron chi connectivity index (χ2n) is 5.57. The van der Waals surface area contributed by atoms with Crippen LogP contribution in [0.1, 0.15) is 38.3 Å². The zero-order valence-electron chi connectivity index (χ0n) is 10.9. The topological polar surface area (TPSA) is 64.7 Å². The van der Waals surface area contributed by atoms with Crippen LogP contribution in [0.5, 0.6) is 0 Å². The van der Waals surface area contributed by atoms with Gasteiger partial charge in [-0.25, -0.2) is 0 Å². The molecule has 2 rings (SSSR count). The van der Waals surface area contributed by atoms with E-state index in [1.54, 1.807) is 0 Å². The molecule has 18 heavy (non-hydrogen) atoms. The summed E-state index contributed by atoms with van der Waals surface area (Å²) in [6.45, 7) is 6.50. The summed E-state index contributed by atoms with van der Waals surface area (Å²) in [5, 5.41) is 3.92. The Kier molecular flexibility index (Phi) is 3.11. The van der Waals surface area contributed by atoms with Crippen molar-refractivity contribution in [3.05, 3.63) is 35.4 Å². The van der Waals surface area contributed by atoms with Gasteiger partial charge in [-0.05, 0) is 16.5 Å². The largest absolute Gasteiger partial charge is 0.382 e. The molecule has 0 spiro atoms. The number of amides is 1. The van der Waals surface area contributed by atoms with Gasteiger partial charge in [0.05, 0.1) is 5.71 Å². The minimum atomic E-state index is -0.623. The number of benzene rings is 1. The molecule has 1 amide bonds. The van der Waals surface area contributed by atoms with E-state index in [4.69, 9.17) is 10.6 Å². The van der Waals surface area contributed by atoms with E-state index in [0.29, 0.717) is 6.42 Å². The van der Waals surface area contributed by atoms with Crippen LogP contribution in [0, 0.1) is 0 Å². The van der Waals surface area contributed by atoms with E-state index in [-0.39, 0.29) is 5.41 Å². The number of carbonyl (C=O) groups excluding carboxylic acids is 1. The minimum Gasteiger partial charge on any atom is -0.382 e. The number of oxime groups is 1. The molecule has 0 aromatic heterocycles. The summed E-state index contributed by atoms with van der Waals surface area (Å²) in [7, 11) is 0. The molecule has 1 aromatic carbocycles. The summed E-state index contributed by atoms with van der Waals surface area (Å²) in [6, 6.07) is 8.17. The van der Waals surface area contributed by atoms with E-state index in [0.717, 1.165) is 11.3 Å². The first-order chi connectivity index (χ1) is 8.38. The first-order valence-electron chi connectivity index (χ1n) is 6.01. The summed E-state index contributed by atoms with van der Waals surface area (Å²) in [5.74, 6) is -0.472. The van der Waals surface area contributed by atoms with Gasteiger partial charge in [-0.3, -0.25) is 4.79 Å². The van der Waals surface area contributed by atoms with Gasteiger partial charge < -0.3 is 10.6 Å². The van der Waals surface area contributed by atoms with Crippen LogP contribution in [0.2, 0.25) is 0 Å². The summed E-state index contributed by atoms with van der Waals surface area (Å²) >= 11 is 0. The van der Waals surface area contributed by atoms with Gasteiger partial charge >= 0.3 is 0 Å². The number of primary amides is 1. The van der Waals surface area contributed by atoms with Crippen LogP contribution in [0.3, 0.4) is 0 Å². The van der Waals surface area contributed by atoms with Crippen molar-refractivity contribution in [2.75, 3.05) is 0 Å². The Hall–Kier alpha value is -1.84. The van der Waals surface area contributed by atoms with Crippen LogP contribution in [0.15, 0.2) is 29.4 Å². The van der Waals surface area contributed by atoms with Gasteiger partial charge in [-0.2, -0.15) is 0 Å². The monoisotopic (exact) mass is 246 g/mol. The van der Waals surface area contributed by atoms with E-state index < -0.39 is 12.0 Å². The second-order valence-corrected chi connectivity index (χ2v) is 5.57. The average Bonchev–Trinajstić information content (AvgIpc) is 2.77. The fraction of sp³-hybridized carbons (Fsp3) is 0.429. The number of nitrogens with two attached hydrogens (primary N) is 1. The second kappa shape index (κ2) is 4.44. The van der Waals surface area contributed by atoms with E-state index >= 15 is 0 Å². The Labute approximate surface area is 107 Å². The molecule has 0 saturated carbocycles. The molecule has 4 heteroatoms. The summed E-state index contributed by atoms with van der Waals surface area (Å²) < 4.78 is 0. The van der Waals surface area contributed by atoms with Crippen molar-refractivity contribution in [2.45, 2.75) is 38.7 Å². The molecule has 0 fully saturated rings. The predicted octanol–water partition coefficient (Wildman–Crippen LogP) is 1.96. The van der Waals surface area contributed by atoms with Gasteiger partial charge in [0.2, 0.25) is 6.10 Å². The molecule has 1 aliphatic heterocycles. The van der Waals surface area contributed by atoms with Crippen molar-refractivity contribution >= 4 is 11.6 Å². The molecule has 2 N–H and O–H groups in total. The Morgan fingerprint density at radius 3 is 2.39 bits per heavy atom. The highest BCUT2D eigenvalue weighted by atomic mass is 16.6. The van der Waals surface area contributed by atoms with Crippen molar-refractivity contribution in [3.8, 4) is 0 Å². The van der Waals surface area contributed by atoms with Crippen molar-refractivity contribution in [1.82, 2.24) is 0 Å². The summed E-state index contributed by atoms with van der Waals surface area (Å²) in [4.78, 5) is 16.0. The van der Waals surface area contributed by atoms with E-state index in [1.807, 2.05) is 12.1 Å². The Morgan fingerprint density at radius 1 is 1.33 bits per heavy atom. The molecular formula is C14H18N2O2. The van der Waals surface area contributed by atoms with Crippen molar-refractivity contribution in [3.63, 3.8) is 0 Å². The quantitative estimate of drug-likeness (QED) is 0.867. The molecule has 0 aliphatic carbocycles. The molecule has 1 heterocycles. The first-order valence-corrected chi connectivity index (χ1v) is 6.01. The fourth-order valence-electron chi connectivity index (χ4n) is 1.86. The number of hydrogen-bond donors (Lipinski definition) is 1. The van der Waals surface area contributed by atoms with E-state index in [9.17, 15) is 4.79 Å². The minimum absolute atomic E-state index is 0.127. The molecule has 1 aliphatic rings. The number of carbonyl (C=O) groups is 1. The van der Waals surface area contributed by atoms with Crippen LogP contribution in [-0.4, -0.2) is 17.7 Å². The lowest BCUT2D eigenvalue weighted by atomic mass is 9.86. The zero-order chi connectivity index (χ0) is 13.3. The van der Waals surface area contributed by atoms with Crippen LogP contribution in [-0.2, 0) is 15.0 Å². The summed E-state index contributed by atoms with van der Waals surface area (Å²) in [5.41, 5.74) is 8.33. The molecule has 0 bridgehead atoms. The molecule has 4 nitrogen and oxygen atoms in total. The molecule has 1 atom stereocenters. The van der Waals surface area contributed by atoms with Gasteiger partial charge in [0.25, 0.3) is 5.91 Å². The molecule has 0 saturated heterocycles. The van der Waals surface area contributed by atoms with Gasteiger partial charge in [-0.15, -0.1) is 0 Å². The van der Waals surface area contributed by atoms with Gasteiger partial charge in [0, 0.05) is 6.42 Å². The summed E-state index contributed by atoms with van der Waals surface area (Å²) in [6.07, 6.45) is -0.174. The van der Waals surface area contributed by atoms with Crippen LogP contribution >= 0.6 is 0 Å². The van der Waals surface area contributed by atoms with Crippen LogP contribution in [0.4, 0.5) is 0 Å². The van der Waals surface area contributed by atoms with E-state index in [1.165, 1.54) is 5.56 Å². The molecule has 96 valence electrons. The van der Waals surface area contributed by atoms with E-state index in [2.05, 4.69) is 38.1 Å². The van der Waals surface area contributed by atoms with Gasteiger partial charge in [-0.1, -0.05) is 50.2 Å². The average molecular weight is 246 g/mol. The third-order valence-electron chi connectivity index (χ3n) is 3.07. The maximum Gasteiger partial charge on any atom is 0.261 e. The third-order valence-corrected chi connectivity index (χ3v) is 3.07. The lowest BCUT2D eigenvalue weighted by Gasteiger charge is -2.19.